The van der Waals surface area contributed by atoms with E-state index in [-0.39, 0.29) is 17.7 Å². The number of hydrogen-bond donors (Lipinski definition) is 2. The van der Waals surface area contributed by atoms with Crippen molar-refractivity contribution in [1.29, 1.82) is 0 Å². The van der Waals surface area contributed by atoms with Crippen molar-refractivity contribution in [2.24, 2.45) is 0 Å². The summed E-state index contributed by atoms with van der Waals surface area (Å²) in [4.78, 5) is 31.6. The lowest BCUT2D eigenvalue weighted by molar-refractivity contribution is -0.116. The Bertz CT molecular complexity index is 1100. The molecule has 1 aliphatic heterocycles. The summed E-state index contributed by atoms with van der Waals surface area (Å²) in [6.45, 7) is 4.16. The summed E-state index contributed by atoms with van der Waals surface area (Å²) in [5.74, 6) is 0.518. The Hall–Kier alpha value is -3.75. The van der Waals surface area contributed by atoms with Crippen molar-refractivity contribution < 1.29 is 19.1 Å². The third kappa shape index (κ3) is 6.87. The number of morpholine rings is 1. The molecule has 8 heteroatoms. The Morgan fingerprint density at radius 2 is 1.82 bits per heavy atom. The molecular formula is C26H28N4O4. The van der Waals surface area contributed by atoms with Gasteiger partial charge in [-0.25, -0.2) is 4.98 Å². The second-order valence-electron chi connectivity index (χ2n) is 7.91. The van der Waals surface area contributed by atoms with Gasteiger partial charge in [0, 0.05) is 44.5 Å². The molecule has 34 heavy (non-hydrogen) atoms. The fourth-order valence-corrected chi connectivity index (χ4v) is 3.59. The number of para-hydroxylation sites is 1. The highest BCUT2D eigenvalue weighted by Gasteiger charge is 2.15. The van der Waals surface area contributed by atoms with Crippen molar-refractivity contribution in [1.82, 2.24) is 15.2 Å². The summed E-state index contributed by atoms with van der Waals surface area (Å²) < 4.78 is 11.1. The second kappa shape index (κ2) is 11.9. The molecule has 0 spiro atoms. The summed E-state index contributed by atoms with van der Waals surface area (Å²) in [5, 5.41) is 5.84. The zero-order chi connectivity index (χ0) is 23.6. The molecule has 2 amide bonds. The van der Waals surface area contributed by atoms with Crippen molar-refractivity contribution in [2.45, 2.75) is 13.0 Å². The number of pyridine rings is 1. The SMILES string of the molecule is O=C(CCN1CCOCC1)Nc1cccc(CNC(=O)c2cccnc2Oc2ccccc2)c1. The van der Waals surface area contributed by atoms with Gasteiger partial charge in [-0.05, 0) is 42.0 Å². The quantitative estimate of drug-likeness (QED) is 0.508. The maximum Gasteiger partial charge on any atom is 0.257 e. The van der Waals surface area contributed by atoms with Crippen LogP contribution in [0.25, 0.3) is 0 Å². The normalized spacial score (nSPS) is 13.8. The van der Waals surface area contributed by atoms with Crippen molar-refractivity contribution in [3.05, 3.63) is 84.1 Å². The van der Waals surface area contributed by atoms with Crippen LogP contribution in [0.1, 0.15) is 22.3 Å². The van der Waals surface area contributed by atoms with E-state index in [9.17, 15) is 9.59 Å². The highest BCUT2D eigenvalue weighted by molar-refractivity contribution is 5.96. The number of hydrogen-bond acceptors (Lipinski definition) is 6. The van der Waals surface area contributed by atoms with Gasteiger partial charge in [-0.1, -0.05) is 30.3 Å². The minimum absolute atomic E-state index is 0.0364. The van der Waals surface area contributed by atoms with E-state index in [1.807, 2.05) is 42.5 Å². The number of benzene rings is 2. The number of rotatable bonds is 9. The third-order valence-electron chi connectivity index (χ3n) is 5.40. The number of nitrogens with zero attached hydrogens (tertiary/aromatic N) is 2. The van der Waals surface area contributed by atoms with Crippen LogP contribution in [0, 0.1) is 0 Å². The van der Waals surface area contributed by atoms with Gasteiger partial charge in [0.05, 0.1) is 13.2 Å². The summed E-state index contributed by atoms with van der Waals surface area (Å²) in [6, 6.07) is 20.0. The molecule has 0 saturated carbocycles. The number of aromatic nitrogens is 1. The number of ether oxygens (including phenoxy) is 2. The first-order valence-corrected chi connectivity index (χ1v) is 11.3. The van der Waals surface area contributed by atoms with Crippen LogP contribution in [0.4, 0.5) is 5.69 Å². The van der Waals surface area contributed by atoms with Crippen molar-refractivity contribution in [3.63, 3.8) is 0 Å². The number of nitrogens with one attached hydrogen (secondary N) is 2. The standard InChI is InChI=1S/C26H28N4O4/c31-24(11-13-30-14-16-33-17-15-30)29-21-7-4-6-20(18-21)19-28-25(32)23-10-5-12-27-26(23)34-22-8-2-1-3-9-22/h1-10,12,18H,11,13-17,19H2,(H,28,32)(H,29,31). The Kier molecular flexibility index (Phi) is 8.21. The molecule has 8 nitrogen and oxygen atoms in total. The van der Waals surface area contributed by atoms with Crippen LogP contribution in [-0.2, 0) is 16.1 Å². The zero-order valence-electron chi connectivity index (χ0n) is 18.9. The molecule has 0 bridgehead atoms. The van der Waals surface area contributed by atoms with Gasteiger partial charge in [0.2, 0.25) is 11.8 Å². The maximum absolute atomic E-state index is 12.8. The largest absolute Gasteiger partial charge is 0.438 e. The van der Waals surface area contributed by atoms with Crippen molar-refractivity contribution >= 4 is 17.5 Å². The molecule has 0 aliphatic carbocycles. The average molecular weight is 461 g/mol. The molecule has 4 rings (SSSR count). The molecule has 0 unspecified atom stereocenters. The second-order valence-corrected chi connectivity index (χ2v) is 7.91. The molecule has 3 aromatic rings. The summed E-state index contributed by atoms with van der Waals surface area (Å²) in [5.41, 5.74) is 1.92. The minimum atomic E-state index is -0.293. The van der Waals surface area contributed by atoms with Gasteiger partial charge in [0.15, 0.2) is 0 Å². The van der Waals surface area contributed by atoms with E-state index in [1.165, 1.54) is 0 Å². The van der Waals surface area contributed by atoms with Gasteiger partial charge in [0.1, 0.15) is 11.3 Å². The van der Waals surface area contributed by atoms with E-state index in [2.05, 4.69) is 20.5 Å². The zero-order valence-corrected chi connectivity index (χ0v) is 18.9. The van der Waals surface area contributed by atoms with Crippen LogP contribution in [0.2, 0.25) is 0 Å². The summed E-state index contributed by atoms with van der Waals surface area (Å²) in [7, 11) is 0. The highest BCUT2D eigenvalue weighted by Crippen LogP contribution is 2.22. The summed E-state index contributed by atoms with van der Waals surface area (Å²) in [6.07, 6.45) is 2.01. The topological polar surface area (TPSA) is 92.8 Å². The number of amides is 2. The van der Waals surface area contributed by atoms with Gasteiger partial charge < -0.3 is 20.1 Å². The molecule has 1 aromatic heterocycles. The third-order valence-corrected chi connectivity index (χ3v) is 5.40. The van der Waals surface area contributed by atoms with Crippen LogP contribution in [0.3, 0.4) is 0 Å². The highest BCUT2D eigenvalue weighted by atomic mass is 16.5. The Balaban J connectivity index is 1.30. The van der Waals surface area contributed by atoms with E-state index in [4.69, 9.17) is 9.47 Å². The maximum atomic E-state index is 12.8. The fraction of sp³-hybridized carbons (Fsp3) is 0.269. The van der Waals surface area contributed by atoms with Crippen LogP contribution in [-0.4, -0.2) is 54.5 Å². The molecule has 0 atom stereocenters. The Morgan fingerprint density at radius 3 is 2.65 bits per heavy atom. The van der Waals surface area contributed by atoms with Crippen molar-refractivity contribution in [3.8, 4) is 11.6 Å². The monoisotopic (exact) mass is 460 g/mol. The Morgan fingerprint density at radius 1 is 1.00 bits per heavy atom. The fourth-order valence-electron chi connectivity index (χ4n) is 3.59. The molecule has 0 radical (unpaired) electrons. The molecule has 1 saturated heterocycles. The number of carbonyl (C=O) groups excluding carboxylic acids is 2. The van der Waals surface area contributed by atoms with Gasteiger partial charge in [-0.3, -0.25) is 14.5 Å². The van der Waals surface area contributed by atoms with Crippen molar-refractivity contribution in [2.75, 3.05) is 38.2 Å². The van der Waals surface area contributed by atoms with E-state index in [0.717, 1.165) is 18.7 Å². The first-order chi connectivity index (χ1) is 16.7. The molecule has 2 N–H and O–H groups in total. The predicted octanol–water partition coefficient (Wildman–Crippen LogP) is 3.46. The first kappa shape index (κ1) is 23.4. The van der Waals surface area contributed by atoms with Gasteiger partial charge in [-0.2, -0.15) is 0 Å². The molecule has 1 aliphatic rings. The van der Waals surface area contributed by atoms with Crippen LogP contribution in [0.15, 0.2) is 72.9 Å². The number of carbonyl (C=O) groups is 2. The molecule has 176 valence electrons. The van der Waals surface area contributed by atoms with Gasteiger partial charge >= 0.3 is 0 Å². The molecular weight excluding hydrogens is 432 g/mol. The van der Waals surface area contributed by atoms with E-state index in [0.29, 0.717) is 49.7 Å². The molecule has 2 heterocycles. The van der Waals surface area contributed by atoms with E-state index >= 15 is 0 Å². The van der Waals surface area contributed by atoms with Crippen LogP contribution < -0.4 is 15.4 Å². The van der Waals surface area contributed by atoms with Gasteiger partial charge in [-0.15, -0.1) is 0 Å². The summed E-state index contributed by atoms with van der Waals surface area (Å²) >= 11 is 0. The van der Waals surface area contributed by atoms with Crippen LogP contribution >= 0.6 is 0 Å². The number of anilines is 1. The van der Waals surface area contributed by atoms with Crippen LogP contribution in [0.5, 0.6) is 11.6 Å². The average Bonchev–Trinajstić information content (AvgIpc) is 2.88. The molecule has 2 aromatic carbocycles. The smallest absolute Gasteiger partial charge is 0.257 e. The lowest BCUT2D eigenvalue weighted by Gasteiger charge is -2.26. The van der Waals surface area contributed by atoms with Gasteiger partial charge in [0.25, 0.3) is 5.91 Å². The Labute approximate surface area is 198 Å². The minimum Gasteiger partial charge on any atom is -0.438 e. The lowest BCUT2D eigenvalue weighted by Crippen LogP contribution is -2.38. The van der Waals surface area contributed by atoms with E-state index < -0.39 is 0 Å². The predicted molar refractivity (Wildman–Crippen MR) is 129 cm³/mol. The first-order valence-electron chi connectivity index (χ1n) is 11.3. The molecule has 1 fully saturated rings. The lowest BCUT2D eigenvalue weighted by atomic mass is 10.2. The van der Waals surface area contributed by atoms with E-state index in [1.54, 1.807) is 30.5 Å².